The van der Waals surface area contributed by atoms with Crippen molar-refractivity contribution in [2.75, 3.05) is 0 Å². The van der Waals surface area contributed by atoms with Crippen LogP contribution < -0.4 is 0 Å². The van der Waals surface area contributed by atoms with Crippen molar-refractivity contribution < 1.29 is 5.11 Å². The van der Waals surface area contributed by atoms with E-state index in [9.17, 15) is 5.11 Å². The van der Waals surface area contributed by atoms with E-state index in [1.54, 1.807) is 6.92 Å². The SMILES string of the molecule is CCCCCCC[C@H]1CC[C@H](CCc2ccc(C(C)CCC(C)[O])cc2)CC1. The maximum atomic E-state index is 11.3. The van der Waals surface area contributed by atoms with E-state index in [0.29, 0.717) is 5.92 Å². The minimum atomic E-state index is -0.433. The molecule has 1 aliphatic rings. The first-order valence-corrected chi connectivity index (χ1v) is 12.3. The van der Waals surface area contributed by atoms with Gasteiger partial charge in [0.1, 0.15) is 0 Å². The summed E-state index contributed by atoms with van der Waals surface area (Å²) in [7, 11) is 0. The van der Waals surface area contributed by atoms with Crippen LogP contribution in [0.5, 0.6) is 0 Å². The molecule has 0 aliphatic heterocycles. The lowest BCUT2D eigenvalue weighted by Gasteiger charge is -2.28. The zero-order valence-electron chi connectivity index (χ0n) is 18.9. The van der Waals surface area contributed by atoms with E-state index < -0.39 is 6.10 Å². The Bertz CT molecular complexity index is 495. The maximum Gasteiger partial charge on any atom is 0.0902 e. The fourth-order valence-corrected chi connectivity index (χ4v) is 4.88. The third-order valence-corrected chi connectivity index (χ3v) is 7.08. The average Bonchev–Trinajstić information content (AvgIpc) is 2.71. The lowest BCUT2D eigenvalue weighted by molar-refractivity contribution is 0.0942. The number of hydrogen-bond donors (Lipinski definition) is 0. The summed E-state index contributed by atoms with van der Waals surface area (Å²) in [5.74, 6) is 2.48. The summed E-state index contributed by atoms with van der Waals surface area (Å²) in [6.45, 7) is 6.32. The first kappa shape index (κ1) is 23.5. The fourth-order valence-electron chi connectivity index (χ4n) is 4.88. The molecule has 0 N–H and O–H groups in total. The lowest BCUT2D eigenvalue weighted by Crippen LogP contribution is -2.15. The average molecular weight is 386 g/mol. The summed E-state index contributed by atoms with van der Waals surface area (Å²) in [6, 6.07) is 9.25. The van der Waals surface area contributed by atoms with Gasteiger partial charge >= 0.3 is 0 Å². The molecular weight excluding hydrogens is 340 g/mol. The summed E-state index contributed by atoms with van der Waals surface area (Å²) < 4.78 is 0. The van der Waals surface area contributed by atoms with Crippen molar-refractivity contribution in [1.82, 2.24) is 0 Å². The Morgan fingerprint density at radius 1 is 0.821 bits per heavy atom. The molecule has 1 heteroatoms. The quantitative estimate of drug-likeness (QED) is 0.303. The van der Waals surface area contributed by atoms with Gasteiger partial charge in [-0.1, -0.05) is 102 Å². The molecule has 1 aromatic carbocycles. The highest BCUT2D eigenvalue weighted by molar-refractivity contribution is 5.25. The first-order chi connectivity index (χ1) is 13.6. The van der Waals surface area contributed by atoms with Gasteiger partial charge in [0.05, 0.1) is 6.10 Å². The molecule has 159 valence electrons. The van der Waals surface area contributed by atoms with E-state index in [1.807, 2.05) is 0 Å². The molecule has 2 atom stereocenters. The van der Waals surface area contributed by atoms with Crippen LogP contribution in [0.2, 0.25) is 0 Å². The fraction of sp³-hybridized carbons (Fsp3) is 0.778. The molecule has 0 aromatic heterocycles. The molecule has 2 unspecified atom stereocenters. The largest absolute Gasteiger partial charge is 0.233 e. The van der Waals surface area contributed by atoms with Gasteiger partial charge in [-0.2, -0.15) is 0 Å². The van der Waals surface area contributed by atoms with Gasteiger partial charge in [-0.3, -0.25) is 0 Å². The van der Waals surface area contributed by atoms with E-state index in [-0.39, 0.29) is 0 Å². The van der Waals surface area contributed by atoms with Gasteiger partial charge in [0, 0.05) is 0 Å². The lowest BCUT2D eigenvalue weighted by atomic mass is 9.77. The standard InChI is InChI=1S/C27H45O/c1-4-5-6-7-8-9-24-12-14-25(15-13-24)16-17-26-18-20-27(21-19-26)22(2)10-11-23(3)28/h18-25H,4-17H2,1-3H3/t22?,23?,24-,25-. The minimum Gasteiger partial charge on any atom is -0.233 e. The molecule has 1 radical (unpaired) electrons. The molecule has 0 saturated heterocycles. The molecule has 1 saturated carbocycles. The molecule has 1 nitrogen and oxygen atoms in total. The van der Waals surface area contributed by atoms with Gasteiger partial charge in [0.25, 0.3) is 0 Å². The van der Waals surface area contributed by atoms with Gasteiger partial charge in [0.15, 0.2) is 0 Å². The van der Waals surface area contributed by atoms with E-state index in [2.05, 4.69) is 38.1 Å². The third kappa shape index (κ3) is 9.12. The molecular formula is C27H45O. The second kappa shape index (κ2) is 13.4. The molecule has 1 aromatic rings. The number of unbranched alkanes of at least 4 members (excludes halogenated alkanes) is 4. The van der Waals surface area contributed by atoms with E-state index in [1.165, 1.54) is 88.2 Å². The van der Waals surface area contributed by atoms with Crippen LogP contribution >= 0.6 is 0 Å². The number of aryl methyl sites for hydroxylation is 1. The Morgan fingerprint density at radius 2 is 1.43 bits per heavy atom. The second-order valence-corrected chi connectivity index (χ2v) is 9.66. The highest BCUT2D eigenvalue weighted by atomic mass is 16.3. The predicted molar refractivity (Wildman–Crippen MR) is 121 cm³/mol. The molecule has 0 amide bonds. The summed E-state index contributed by atoms with van der Waals surface area (Å²) in [5.41, 5.74) is 2.88. The normalized spacial score (nSPS) is 22.1. The van der Waals surface area contributed by atoms with Crippen LogP contribution in [0.3, 0.4) is 0 Å². The van der Waals surface area contributed by atoms with Crippen LogP contribution in [0.1, 0.15) is 121 Å². The smallest absolute Gasteiger partial charge is 0.0902 e. The molecule has 0 bridgehead atoms. The van der Waals surface area contributed by atoms with Crippen molar-refractivity contribution >= 4 is 0 Å². The zero-order chi connectivity index (χ0) is 20.2. The first-order valence-electron chi connectivity index (χ1n) is 12.3. The topological polar surface area (TPSA) is 19.9 Å². The van der Waals surface area contributed by atoms with Crippen LogP contribution in [-0.2, 0) is 11.5 Å². The highest BCUT2D eigenvalue weighted by Crippen LogP contribution is 2.34. The zero-order valence-corrected chi connectivity index (χ0v) is 18.9. The van der Waals surface area contributed by atoms with E-state index >= 15 is 0 Å². The van der Waals surface area contributed by atoms with Gasteiger partial charge in [-0.05, 0) is 61.5 Å². The van der Waals surface area contributed by atoms with Gasteiger partial charge in [-0.25, -0.2) is 5.11 Å². The Kier molecular flexibility index (Phi) is 11.2. The molecule has 1 aliphatic carbocycles. The van der Waals surface area contributed by atoms with Crippen LogP contribution in [-0.4, -0.2) is 6.10 Å². The predicted octanol–water partition coefficient (Wildman–Crippen LogP) is 8.49. The Hall–Kier alpha value is -0.820. The molecule has 28 heavy (non-hydrogen) atoms. The van der Waals surface area contributed by atoms with E-state index in [0.717, 1.165) is 24.7 Å². The Labute approximate surface area is 175 Å². The summed E-state index contributed by atoms with van der Waals surface area (Å²) in [5, 5.41) is 11.3. The van der Waals surface area contributed by atoms with Crippen LogP contribution in [0.15, 0.2) is 24.3 Å². The molecule has 2 rings (SSSR count). The summed E-state index contributed by atoms with van der Waals surface area (Å²) in [6.07, 6.45) is 18.5. The van der Waals surface area contributed by atoms with Crippen LogP contribution in [0.25, 0.3) is 0 Å². The van der Waals surface area contributed by atoms with Crippen molar-refractivity contribution in [1.29, 1.82) is 0 Å². The van der Waals surface area contributed by atoms with Crippen molar-refractivity contribution in [3.05, 3.63) is 35.4 Å². The second-order valence-electron chi connectivity index (χ2n) is 9.66. The summed E-state index contributed by atoms with van der Waals surface area (Å²) >= 11 is 0. The van der Waals surface area contributed by atoms with Crippen LogP contribution in [0.4, 0.5) is 0 Å². The molecule has 0 heterocycles. The Morgan fingerprint density at radius 3 is 2.04 bits per heavy atom. The molecule has 0 spiro atoms. The molecule has 1 fully saturated rings. The van der Waals surface area contributed by atoms with Crippen molar-refractivity contribution in [3.8, 4) is 0 Å². The monoisotopic (exact) mass is 385 g/mol. The van der Waals surface area contributed by atoms with Gasteiger partial charge in [0.2, 0.25) is 0 Å². The van der Waals surface area contributed by atoms with Crippen molar-refractivity contribution in [3.63, 3.8) is 0 Å². The summed E-state index contributed by atoms with van der Waals surface area (Å²) in [4.78, 5) is 0. The number of hydrogen-bond acceptors (Lipinski definition) is 0. The number of rotatable bonds is 13. The van der Waals surface area contributed by atoms with Crippen molar-refractivity contribution in [2.45, 2.75) is 123 Å². The van der Waals surface area contributed by atoms with Crippen molar-refractivity contribution in [2.24, 2.45) is 11.8 Å². The van der Waals surface area contributed by atoms with Crippen LogP contribution in [0, 0.1) is 11.8 Å². The number of benzene rings is 1. The maximum absolute atomic E-state index is 11.3. The van der Waals surface area contributed by atoms with E-state index in [4.69, 9.17) is 0 Å². The van der Waals surface area contributed by atoms with Gasteiger partial charge in [-0.15, -0.1) is 0 Å². The highest BCUT2D eigenvalue weighted by Gasteiger charge is 2.20. The Balaban J connectivity index is 1.61. The van der Waals surface area contributed by atoms with Gasteiger partial charge < -0.3 is 0 Å². The third-order valence-electron chi connectivity index (χ3n) is 7.08. The minimum absolute atomic E-state index is 0.433.